The second-order valence-corrected chi connectivity index (χ2v) is 8.68. The van der Waals surface area contributed by atoms with Crippen molar-refractivity contribution in [2.24, 2.45) is 5.41 Å². The summed E-state index contributed by atoms with van der Waals surface area (Å²) in [6, 6.07) is 11.7. The molecule has 0 unspecified atom stereocenters. The van der Waals surface area contributed by atoms with Crippen molar-refractivity contribution < 1.29 is 9.36 Å². The number of amides is 2. The minimum Gasteiger partial charge on any atom is -0.308 e. The van der Waals surface area contributed by atoms with E-state index in [1.165, 1.54) is 5.56 Å². The maximum Gasteiger partial charge on any atom is 0.323 e. The molecule has 0 aliphatic heterocycles. The third kappa shape index (κ3) is 5.87. The molecule has 26 heavy (non-hydrogen) atoms. The van der Waals surface area contributed by atoms with Crippen LogP contribution >= 0.6 is 0 Å². The molecule has 0 aliphatic rings. The molecule has 140 valence electrons. The van der Waals surface area contributed by atoms with Crippen molar-refractivity contribution in [1.82, 2.24) is 0 Å². The van der Waals surface area contributed by atoms with Crippen LogP contribution in [0.1, 0.15) is 53.5 Å². The Morgan fingerprint density at radius 3 is 2.15 bits per heavy atom. The highest BCUT2D eigenvalue weighted by Gasteiger charge is 2.25. The van der Waals surface area contributed by atoms with Crippen LogP contribution in [0.4, 0.5) is 16.2 Å². The van der Waals surface area contributed by atoms with Crippen molar-refractivity contribution in [3.8, 4) is 0 Å². The van der Waals surface area contributed by atoms with Crippen molar-refractivity contribution >= 4 is 17.4 Å². The number of pyridine rings is 1. The first-order valence-corrected chi connectivity index (χ1v) is 9.28. The summed E-state index contributed by atoms with van der Waals surface area (Å²) in [5.74, 6) is 0. The third-order valence-corrected chi connectivity index (χ3v) is 4.57. The summed E-state index contributed by atoms with van der Waals surface area (Å²) in [6.07, 6.45) is 6.01. The van der Waals surface area contributed by atoms with E-state index in [0.29, 0.717) is 0 Å². The van der Waals surface area contributed by atoms with Crippen LogP contribution in [0.2, 0.25) is 0 Å². The van der Waals surface area contributed by atoms with Crippen molar-refractivity contribution in [2.75, 3.05) is 10.6 Å². The zero-order valence-electron chi connectivity index (χ0n) is 16.9. The Kier molecular flexibility index (Phi) is 6.06. The monoisotopic (exact) mass is 354 g/mol. The molecule has 0 saturated carbocycles. The summed E-state index contributed by atoms with van der Waals surface area (Å²) in [5, 5.41) is 5.80. The van der Waals surface area contributed by atoms with E-state index < -0.39 is 0 Å². The van der Waals surface area contributed by atoms with Crippen molar-refractivity contribution in [2.45, 2.75) is 59.9 Å². The number of nitrogens with zero attached hydrogens (tertiary/aromatic N) is 1. The molecule has 0 atom stereocenters. The first kappa shape index (κ1) is 20.0. The summed E-state index contributed by atoms with van der Waals surface area (Å²) < 4.78 is 2.13. The molecule has 0 fully saturated rings. The Labute approximate surface area is 157 Å². The molecule has 1 heterocycles. The molecule has 0 bridgehead atoms. The fraction of sp³-hybridized carbons (Fsp3) is 0.455. The minimum atomic E-state index is -0.236. The SMILES string of the molecule is CCC(C)(C)[n+]1cccc(NC(=O)Nc2ccc(CC(C)(C)C)cc2)c1. The lowest BCUT2D eigenvalue weighted by atomic mass is 9.88. The molecule has 2 N–H and O–H groups in total. The van der Waals surface area contributed by atoms with Gasteiger partial charge in [0, 0.05) is 32.0 Å². The molecule has 0 aliphatic carbocycles. The molecule has 0 radical (unpaired) electrons. The van der Waals surface area contributed by atoms with Gasteiger partial charge in [0.25, 0.3) is 0 Å². The van der Waals surface area contributed by atoms with E-state index in [4.69, 9.17) is 0 Å². The van der Waals surface area contributed by atoms with E-state index in [1.54, 1.807) is 0 Å². The van der Waals surface area contributed by atoms with Crippen LogP contribution < -0.4 is 15.2 Å². The molecule has 2 aromatic rings. The Morgan fingerprint density at radius 2 is 1.58 bits per heavy atom. The van der Waals surface area contributed by atoms with E-state index in [-0.39, 0.29) is 17.0 Å². The van der Waals surface area contributed by atoms with E-state index in [2.05, 4.69) is 68.9 Å². The van der Waals surface area contributed by atoms with Crippen LogP contribution in [0, 0.1) is 5.41 Å². The van der Waals surface area contributed by atoms with Gasteiger partial charge in [-0.2, -0.15) is 4.57 Å². The zero-order valence-corrected chi connectivity index (χ0v) is 16.9. The molecule has 0 spiro atoms. The number of urea groups is 1. The van der Waals surface area contributed by atoms with Gasteiger partial charge in [0.1, 0.15) is 5.69 Å². The van der Waals surface area contributed by atoms with Crippen LogP contribution in [-0.4, -0.2) is 6.03 Å². The first-order chi connectivity index (χ1) is 12.1. The smallest absolute Gasteiger partial charge is 0.308 e. The lowest BCUT2D eigenvalue weighted by molar-refractivity contribution is -0.757. The average Bonchev–Trinajstić information content (AvgIpc) is 2.55. The average molecular weight is 355 g/mol. The van der Waals surface area contributed by atoms with Gasteiger partial charge in [0.15, 0.2) is 17.9 Å². The van der Waals surface area contributed by atoms with Gasteiger partial charge in [-0.1, -0.05) is 39.8 Å². The molecule has 2 amide bonds. The largest absolute Gasteiger partial charge is 0.323 e. The number of carbonyl (C=O) groups is 1. The molecule has 2 rings (SSSR count). The normalized spacial score (nSPS) is 11.9. The van der Waals surface area contributed by atoms with Crippen LogP contribution in [-0.2, 0) is 12.0 Å². The van der Waals surface area contributed by atoms with Gasteiger partial charge in [-0.15, -0.1) is 0 Å². The number of benzene rings is 1. The number of aromatic nitrogens is 1. The third-order valence-electron chi connectivity index (χ3n) is 4.57. The zero-order chi connectivity index (χ0) is 19.4. The van der Waals surface area contributed by atoms with Gasteiger partial charge in [-0.3, -0.25) is 0 Å². The summed E-state index contributed by atoms with van der Waals surface area (Å²) in [7, 11) is 0. The van der Waals surface area contributed by atoms with Gasteiger partial charge in [-0.25, -0.2) is 4.79 Å². The van der Waals surface area contributed by atoms with E-state index >= 15 is 0 Å². The predicted molar refractivity (Wildman–Crippen MR) is 108 cm³/mol. The van der Waals surface area contributed by atoms with E-state index in [9.17, 15) is 4.79 Å². The second kappa shape index (κ2) is 7.90. The number of rotatable bonds is 5. The predicted octanol–water partition coefficient (Wildman–Crippen LogP) is 5.35. The number of anilines is 2. The van der Waals surface area contributed by atoms with Gasteiger partial charge < -0.3 is 10.6 Å². The summed E-state index contributed by atoms with van der Waals surface area (Å²) in [4.78, 5) is 12.3. The number of hydrogen-bond acceptors (Lipinski definition) is 1. The maximum absolute atomic E-state index is 12.3. The Hall–Kier alpha value is -2.36. The number of carbonyl (C=O) groups excluding carboxylic acids is 1. The topological polar surface area (TPSA) is 45.0 Å². The second-order valence-electron chi connectivity index (χ2n) is 8.68. The quantitative estimate of drug-likeness (QED) is 0.698. The van der Waals surface area contributed by atoms with Crippen LogP contribution in [0.5, 0.6) is 0 Å². The standard InChI is InChI=1S/C22H31N3O/c1-7-22(5,6)25-14-8-9-19(16-25)24-20(26)23-18-12-10-17(11-13-18)15-21(2,3)4/h8-14,16H,7,15H2,1-6H3,(H-,23,24,26)/p+1. The molecule has 0 saturated heterocycles. The Balaban J connectivity index is 2.00. The number of hydrogen-bond donors (Lipinski definition) is 2. The Bertz CT molecular complexity index is 743. The van der Waals surface area contributed by atoms with Crippen LogP contribution in [0.15, 0.2) is 48.8 Å². The Morgan fingerprint density at radius 1 is 0.962 bits per heavy atom. The minimum absolute atomic E-state index is 0.0110. The molecule has 1 aromatic heterocycles. The van der Waals surface area contributed by atoms with Crippen LogP contribution in [0.25, 0.3) is 0 Å². The van der Waals surface area contributed by atoms with E-state index in [0.717, 1.165) is 24.2 Å². The van der Waals surface area contributed by atoms with Gasteiger partial charge in [0.05, 0.1) is 0 Å². The van der Waals surface area contributed by atoms with E-state index in [1.807, 2.05) is 36.7 Å². The summed E-state index contributed by atoms with van der Waals surface area (Å²) >= 11 is 0. The molecular weight excluding hydrogens is 322 g/mol. The summed E-state index contributed by atoms with van der Waals surface area (Å²) in [6.45, 7) is 13.2. The maximum atomic E-state index is 12.3. The lowest BCUT2D eigenvalue weighted by Gasteiger charge is -2.18. The van der Waals surface area contributed by atoms with Gasteiger partial charge in [0.2, 0.25) is 0 Å². The van der Waals surface area contributed by atoms with Gasteiger partial charge >= 0.3 is 6.03 Å². The fourth-order valence-electron chi connectivity index (χ4n) is 2.72. The van der Waals surface area contributed by atoms with Crippen molar-refractivity contribution in [1.29, 1.82) is 0 Å². The highest BCUT2D eigenvalue weighted by Crippen LogP contribution is 2.21. The molecule has 4 heteroatoms. The molecule has 1 aromatic carbocycles. The fourth-order valence-corrected chi connectivity index (χ4v) is 2.72. The first-order valence-electron chi connectivity index (χ1n) is 9.28. The highest BCUT2D eigenvalue weighted by atomic mass is 16.2. The van der Waals surface area contributed by atoms with Crippen LogP contribution in [0.3, 0.4) is 0 Å². The lowest BCUT2D eigenvalue weighted by Crippen LogP contribution is -2.51. The van der Waals surface area contributed by atoms with Gasteiger partial charge in [-0.05, 0) is 35.6 Å². The van der Waals surface area contributed by atoms with Crippen molar-refractivity contribution in [3.05, 3.63) is 54.4 Å². The molecular formula is C22H32N3O+. The molecule has 4 nitrogen and oxygen atoms in total. The summed E-state index contributed by atoms with van der Waals surface area (Å²) in [5.41, 5.74) is 3.10. The highest BCUT2D eigenvalue weighted by molar-refractivity contribution is 5.99. The van der Waals surface area contributed by atoms with Crippen molar-refractivity contribution in [3.63, 3.8) is 0 Å². The number of nitrogens with one attached hydrogen (secondary N) is 2.